The van der Waals surface area contributed by atoms with Crippen LogP contribution in [0.4, 0.5) is 18.9 Å². The number of alkyl halides is 2. The van der Waals surface area contributed by atoms with Gasteiger partial charge in [0.15, 0.2) is 0 Å². The summed E-state index contributed by atoms with van der Waals surface area (Å²) in [7, 11) is 0. The summed E-state index contributed by atoms with van der Waals surface area (Å²) < 4.78 is 38.3. The third kappa shape index (κ3) is 1.84. The van der Waals surface area contributed by atoms with Crippen LogP contribution in [0.3, 0.4) is 0 Å². The van der Waals surface area contributed by atoms with Crippen molar-refractivity contribution in [3.8, 4) is 0 Å². The standard InChI is InChI=1S/C10H6BrF3N2/c11-5-1-4-7(15)3-9(10(13)14)16-8(4)2-6(5)12/h1-3,10H,(H2,15,16). The van der Waals surface area contributed by atoms with Gasteiger partial charge in [0.25, 0.3) is 6.43 Å². The Bertz CT molecular complexity index is 557. The fraction of sp³-hybridized carbons (Fsp3) is 0.100. The zero-order valence-corrected chi connectivity index (χ0v) is 9.43. The first-order valence-electron chi connectivity index (χ1n) is 4.32. The highest BCUT2D eigenvalue weighted by atomic mass is 79.9. The van der Waals surface area contributed by atoms with E-state index in [1.807, 2.05) is 0 Å². The van der Waals surface area contributed by atoms with Crippen molar-refractivity contribution >= 4 is 32.5 Å². The van der Waals surface area contributed by atoms with Gasteiger partial charge in [-0.2, -0.15) is 0 Å². The van der Waals surface area contributed by atoms with Crippen LogP contribution >= 0.6 is 15.9 Å². The summed E-state index contributed by atoms with van der Waals surface area (Å²) >= 11 is 2.99. The predicted molar refractivity (Wildman–Crippen MR) is 58.8 cm³/mol. The number of nitrogens with two attached hydrogens (primary N) is 1. The summed E-state index contributed by atoms with van der Waals surface area (Å²) in [6.07, 6.45) is -2.72. The van der Waals surface area contributed by atoms with Crippen molar-refractivity contribution in [1.29, 1.82) is 0 Å². The van der Waals surface area contributed by atoms with Crippen molar-refractivity contribution < 1.29 is 13.2 Å². The smallest absolute Gasteiger partial charge is 0.280 e. The highest BCUT2D eigenvalue weighted by molar-refractivity contribution is 9.10. The number of nitrogen functional groups attached to an aromatic ring is 1. The summed E-state index contributed by atoms with van der Waals surface area (Å²) in [5.41, 5.74) is 5.42. The van der Waals surface area contributed by atoms with E-state index in [9.17, 15) is 13.2 Å². The normalized spacial score (nSPS) is 11.3. The maximum absolute atomic E-state index is 13.2. The lowest BCUT2D eigenvalue weighted by Crippen LogP contribution is -1.97. The Hall–Kier alpha value is -1.30. The number of hydrogen-bond acceptors (Lipinski definition) is 2. The fourth-order valence-corrected chi connectivity index (χ4v) is 1.72. The molecule has 0 aliphatic carbocycles. The van der Waals surface area contributed by atoms with Crippen LogP contribution < -0.4 is 5.73 Å². The van der Waals surface area contributed by atoms with Gasteiger partial charge in [0.1, 0.15) is 11.5 Å². The maximum Gasteiger partial charge on any atom is 0.280 e. The van der Waals surface area contributed by atoms with Gasteiger partial charge in [-0.1, -0.05) is 0 Å². The van der Waals surface area contributed by atoms with Crippen LogP contribution in [0, 0.1) is 5.82 Å². The molecular formula is C10H6BrF3N2. The topological polar surface area (TPSA) is 38.9 Å². The van der Waals surface area contributed by atoms with Gasteiger partial charge in [-0.25, -0.2) is 18.2 Å². The van der Waals surface area contributed by atoms with Gasteiger partial charge >= 0.3 is 0 Å². The number of fused-ring (bicyclic) bond motifs is 1. The van der Waals surface area contributed by atoms with Gasteiger partial charge < -0.3 is 5.73 Å². The number of benzene rings is 1. The molecule has 1 aromatic carbocycles. The molecule has 0 atom stereocenters. The van der Waals surface area contributed by atoms with Gasteiger partial charge in [0, 0.05) is 17.1 Å². The molecule has 2 rings (SSSR count). The van der Waals surface area contributed by atoms with Crippen LogP contribution in [0.15, 0.2) is 22.7 Å². The van der Waals surface area contributed by atoms with E-state index in [1.165, 1.54) is 6.07 Å². The molecule has 0 spiro atoms. The quantitative estimate of drug-likeness (QED) is 0.871. The second-order valence-electron chi connectivity index (χ2n) is 3.22. The Kier molecular flexibility index (Phi) is 2.75. The Balaban J connectivity index is 2.77. The maximum atomic E-state index is 13.2. The molecule has 0 saturated carbocycles. The number of aromatic nitrogens is 1. The molecule has 0 aliphatic rings. The minimum absolute atomic E-state index is 0.121. The molecule has 0 saturated heterocycles. The molecule has 0 unspecified atom stereocenters. The molecule has 84 valence electrons. The molecule has 0 radical (unpaired) electrons. The number of anilines is 1. The lowest BCUT2D eigenvalue weighted by molar-refractivity contribution is 0.146. The molecule has 1 heterocycles. The van der Waals surface area contributed by atoms with Crippen LogP contribution in [0.5, 0.6) is 0 Å². The van der Waals surface area contributed by atoms with E-state index in [1.54, 1.807) is 0 Å². The highest BCUT2D eigenvalue weighted by Gasteiger charge is 2.13. The zero-order valence-electron chi connectivity index (χ0n) is 7.85. The Morgan fingerprint density at radius 2 is 1.94 bits per heavy atom. The number of halogens is 4. The van der Waals surface area contributed by atoms with E-state index in [-0.39, 0.29) is 15.7 Å². The Labute approximate surface area is 97.4 Å². The van der Waals surface area contributed by atoms with Crippen LogP contribution in [-0.2, 0) is 0 Å². The van der Waals surface area contributed by atoms with Gasteiger partial charge in [0.2, 0.25) is 0 Å². The number of rotatable bonds is 1. The van der Waals surface area contributed by atoms with E-state index in [0.717, 1.165) is 12.1 Å². The van der Waals surface area contributed by atoms with Crippen LogP contribution in [-0.4, -0.2) is 4.98 Å². The molecule has 0 fully saturated rings. The minimum Gasteiger partial charge on any atom is -0.398 e. The van der Waals surface area contributed by atoms with Crippen molar-refractivity contribution in [1.82, 2.24) is 4.98 Å². The zero-order chi connectivity index (χ0) is 11.9. The summed E-state index contributed by atoms with van der Waals surface area (Å²) in [4.78, 5) is 3.65. The molecule has 0 aliphatic heterocycles. The first-order chi connectivity index (χ1) is 7.49. The Morgan fingerprint density at radius 3 is 2.56 bits per heavy atom. The lowest BCUT2D eigenvalue weighted by Gasteiger charge is -2.06. The number of hydrogen-bond donors (Lipinski definition) is 1. The molecule has 0 amide bonds. The first-order valence-corrected chi connectivity index (χ1v) is 5.11. The second kappa shape index (κ2) is 3.93. The van der Waals surface area contributed by atoms with Crippen LogP contribution in [0.25, 0.3) is 10.9 Å². The van der Waals surface area contributed by atoms with E-state index >= 15 is 0 Å². The monoisotopic (exact) mass is 290 g/mol. The summed E-state index contributed by atoms with van der Waals surface area (Å²) in [6, 6.07) is 3.58. The predicted octanol–water partition coefficient (Wildman–Crippen LogP) is 3.66. The van der Waals surface area contributed by atoms with E-state index in [2.05, 4.69) is 20.9 Å². The Morgan fingerprint density at radius 1 is 1.25 bits per heavy atom. The second-order valence-corrected chi connectivity index (χ2v) is 4.07. The summed E-state index contributed by atoms with van der Waals surface area (Å²) in [6.45, 7) is 0. The third-order valence-corrected chi connectivity index (χ3v) is 2.73. The highest BCUT2D eigenvalue weighted by Crippen LogP contribution is 2.29. The fourth-order valence-electron chi connectivity index (χ4n) is 1.38. The largest absolute Gasteiger partial charge is 0.398 e. The van der Waals surface area contributed by atoms with Crippen molar-refractivity contribution in [2.24, 2.45) is 0 Å². The van der Waals surface area contributed by atoms with E-state index in [4.69, 9.17) is 5.73 Å². The molecule has 1 aromatic heterocycles. The summed E-state index contributed by atoms with van der Waals surface area (Å²) in [5, 5.41) is 0.442. The van der Waals surface area contributed by atoms with Crippen LogP contribution in [0.1, 0.15) is 12.1 Å². The molecule has 2 N–H and O–H groups in total. The van der Waals surface area contributed by atoms with Gasteiger partial charge in [-0.05, 0) is 28.1 Å². The van der Waals surface area contributed by atoms with E-state index < -0.39 is 17.9 Å². The van der Waals surface area contributed by atoms with Crippen LogP contribution in [0.2, 0.25) is 0 Å². The first kappa shape index (κ1) is 11.2. The van der Waals surface area contributed by atoms with Crippen molar-refractivity contribution in [3.63, 3.8) is 0 Å². The number of pyridine rings is 1. The van der Waals surface area contributed by atoms with Crippen molar-refractivity contribution in [2.75, 3.05) is 5.73 Å². The molecule has 6 heteroatoms. The molecule has 16 heavy (non-hydrogen) atoms. The summed E-state index contributed by atoms with van der Waals surface area (Å²) in [5.74, 6) is -0.564. The average Bonchev–Trinajstić information content (AvgIpc) is 2.20. The van der Waals surface area contributed by atoms with Crippen molar-refractivity contribution in [3.05, 3.63) is 34.2 Å². The van der Waals surface area contributed by atoms with E-state index in [0.29, 0.717) is 5.39 Å². The molecule has 2 nitrogen and oxygen atoms in total. The van der Waals surface area contributed by atoms with Gasteiger partial charge in [0.05, 0.1) is 9.99 Å². The minimum atomic E-state index is -2.72. The molecule has 2 aromatic rings. The molecule has 0 bridgehead atoms. The third-order valence-electron chi connectivity index (χ3n) is 2.13. The lowest BCUT2D eigenvalue weighted by atomic mass is 10.1. The average molecular weight is 291 g/mol. The van der Waals surface area contributed by atoms with Gasteiger partial charge in [-0.3, -0.25) is 0 Å². The van der Waals surface area contributed by atoms with Crippen molar-refractivity contribution in [2.45, 2.75) is 6.43 Å². The molecular weight excluding hydrogens is 285 g/mol. The SMILES string of the molecule is Nc1cc(C(F)F)nc2cc(F)c(Br)cc12. The number of nitrogens with zero attached hydrogens (tertiary/aromatic N) is 1. The van der Waals surface area contributed by atoms with Gasteiger partial charge in [-0.15, -0.1) is 0 Å².